The fourth-order valence-electron chi connectivity index (χ4n) is 2.30. The van der Waals surface area contributed by atoms with Crippen molar-refractivity contribution in [3.05, 3.63) is 83.9 Å². The number of fused-ring (bicyclic) bond motifs is 1. The van der Waals surface area contributed by atoms with Crippen molar-refractivity contribution in [3.8, 4) is 5.75 Å². The molecule has 0 unspecified atom stereocenters. The third kappa shape index (κ3) is 3.98. The van der Waals surface area contributed by atoms with Gasteiger partial charge in [0.1, 0.15) is 12.4 Å². The van der Waals surface area contributed by atoms with Crippen LogP contribution in [-0.4, -0.2) is 11.1 Å². The fourth-order valence-corrected chi connectivity index (χ4v) is 2.30. The molecule has 0 radical (unpaired) electrons. The predicted octanol–water partition coefficient (Wildman–Crippen LogP) is 4.30. The Morgan fingerprint density at radius 2 is 1.70 bits per heavy atom. The summed E-state index contributed by atoms with van der Waals surface area (Å²) in [5, 5.41) is 11.4. The summed E-state index contributed by atoms with van der Waals surface area (Å²) in [7, 11) is 0. The van der Waals surface area contributed by atoms with Crippen LogP contribution in [0.2, 0.25) is 0 Å². The predicted molar refractivity (Wildman–Crippen MR) is 90.9 cm³/mol. The van der Waals surface area contributed by atoms with Crippen molar-refractivity contribution in [2.45, 2.75) is 6.61 Å². The normalized spacial score (nSPS) is 11.0. The van der Waals surface area contributed by atoms with Gasteiger partial charge in [0.15, 0.2) is 0 Å². The quantitative estimate of drug-likeness (QED) is 0.577. The second-order valence-corrected chi connectivity index (χ2v) is 5.22. The Morgan fingerprint density at radius 1 is 0.957 bits per heavy atom. The number of hydrogen-bond donors (Lipinski definition) is 1. The van der Waals surface area contributed by atoms with Crippen LogP contribution in [0, 0.1) is 0 Å². The van der Waals surface area contributed by atoms with Crippen LogP contribution in [0.4, 0.5) is 0 Å². The number of benzene rings is 3. The number of aromatic hydroxyl groups is 1. The summed E-state index contributed by atoms with van der Waals surface area (Å²) >= 11 is 0. The maximum absolute atomic E-state index is 11.8. The second kappa shape index (κ2) is 6.79. The highest BCUT2D eigenvalue weighted by Crippen LogP contribution is 2.21. The number of esters is 1. The molecule has 0 bridgehead atoms. The zero-order valence-corrected chi connectivity index (χ0v) is 12.5. The lowest BCUT2D eigenvalue weighted by Gasteiger charge is -2.02. The Kier molecular flexibility index (Phi) is 4.39. The molecular formula is C20H16O3. The van der Waals surface area contributed by atoms with Crippen LogP contribution in [0.15, 0.2) is 72.8 Å². The van der Waals surface area contributed by atoms with Crippen LogP contribution in [0.5, 0.6) is 5.75 Å². The summed E-state index contributed by atoms with van der Waals surface area (Å²) in [4.78, 5) is 11.8. The fraction of sp³-hybridized carbons (Fsp3) is 0.0500. The lowest BCUT2D eigenvalue weighted by Crippen LogP contribution is -2.00. The molecule has 0 aliphatic rings. The Hall–Kier alpha value is -3.07. The van der Waals surface area contributed by atoms with Gasteiger partial charge in [0.05, 0.1) is 0 Å². The SMILES string of the molecule is O=C(/C=C/c1ccc2cc(O)ccc2c1)OCc1ccccc1. The van der Waals surface area contributed by atoms with Crippen molar-refractivity contribution in [3.63, 3.8) is 0 Å². The lowest BCUT2D eigenvalue weighted by molar-refractivity contribution is -0.138. The van der Waals surface area contributed by atoms with Crippen LogP contribution in [0.3, 0.4) is 0 Å². The molecule has 0 fully saturated rings. The maximum atomic E-state index is 11.8. The van der Waals surface area contributed by atoms with Crippen molar-refractivity contribution in [2.24, 2.45) is 0 Å². The molecule has 0 aliphatic heterocycles. The number of phenols is 1. The van der Waals surface area contributed by atoms with Gasteiger partial charge in [-0.1, -0.05) is 48.5 Å². The molecule has 3 aromatic carbocycles. The molecule has 3 nitrogen and oxygen atoms in total. The Balaban J connectivity index is 1.65. The minimum atomic E-state index is -0.375. The summed E-state index contributed by atoms with van der Waals surface area (Å²) in [5.74, 6) is -0.134. The van der Waals surface area contributed by atoms with Crippen LogP contribution in [0.1, 0.15) is 11.1 Å². The van der Waals surface area contributed by atoms with Gasteiger partial charge in [0.25, 0.3) is 0 Å². The van der Waals surface area contributed by atoms with Crippen molar-refractivity contribution in [1.29, 1.82) is 0 Å². The molecule has 0 saturated carbocycles. The highest BCUT2D eigenvalue weighted by Gasteiger charge is 2.00. The van der Waals surface area contributed by atoms with E-state index in [9.17, 15) is 9.90 Å². The van der Waals surface area contributed by atoms with E-state index in [1.165, 1.54) is 6.08 Å². The Labute approximate surface area is 134 Å². The molecular weight excluding hydrogens is 288 g/mol. The zero-order valence-electron chi connectivity index (χ0n) is 12.5. The van der Waals surface area contributed by atoms with Crippen LogP contribution >= 0.6 is 0 Å². The van der Waals surface area contributed by atoms with E-state index < -0.39 is 0 Å². The summed E-state index contributed by atoms with van der Waals surface area (Å²) in [5.41, 5.74) is 1.86. The highest BCUT2D eigenvalue weighted by atomic mass is 16.5. The van der Waals surface area contributed by atoms with Crippen LogP contribution < -0.4 is 0 Å². The molecule has 0 atom stereocenters. The second-order valence-electron chi connectivity index (χ2n) is 5.22. The van der Waals surface area contributed by atoms with E-state index in [2.05, 4.69) is 0 Å². The molecule has 0 spiro atoms. The molecule has 0 aliphatic carbocycles. The first-order valence-electron chi connectivity index (χ1n) is 7.32. The first-order chi connectivity index (χ1) is 11.2. The minimum absolute atomic E-state index is 0.241. The highest BCUT2D eigenvalue weighted by molar-refractivity contribution is 5.90. The number of phenolic OH excluding ortho intramolecular Hbond substituents is 1. The molecule has 3 aromatic rings. The van der Waals surface area contributed by atoms with Crippen LogP contribution in [0.25, 0.3) is 16.8 Å². The molecule has 0 saturated heterocycles. The monoisotopic (exact) mass is 304 g/mol. The van der Waals surface area contributed by atoms with Gasteiger partial charge in [-0.25, -0.2) is 4.79 Å². The number of carbonyl (C=O) groups excluding carboxylic acids is 1. The van der Waals surface area contributed by atoms with Gasteiger partial charge in [-0.15, -0.1) is 0 Å². The smallest absolute Gasteiger partial charge is 0.331 e. The third-order valence-electron chi connectivity index (χ3n) is 3.48. The van der Waals surface area contributed by atoms with Gasteiger partial charge in [-0.2, -0.15) is 0 Å². The van der Waals surface area contributed by atoms with Crippen molar-refractivity contribution in [2.75, 3.05) is 0 Å². The molecule has 3 heteroatoms. The van der Waals surface area contributed by atoms with E-state index in [0.717, 1.165) is 21.9 Å². The molecule has 23 heavy (non-hydrogen) atoms. The molecule has 3 rings (SSSR count). The maximum Gasteiger partial charge on any atom is 0.331 e. The summed E-state index contributed by atoms with van der Waals surface area (Å²) < 4.78 is 5.19. The van der Waals surface area contributed by atoms with Gasteiger partial charge in [-0.3, -0.25) is 0 Å². The average Bonchev–Trinajstić information content (AvgIpc) is 2.59. The van der Waals surface area contributed by atoms with Gasteiger partial charge in [-0.05, 0) is 46.2 Å². The van der Waals surface area contributed by atoms with Gasteiger partial charge < -0.3 is 9.84 Å². The first-order valence-corrected chi connectivity index (χ1v) is 7.32. The average molecular weight is 304 g/mol. The summed E-state index contributed by atoms with van der Waals surface area (Å²) in [6, 6.07) is 20.5. The molecule has 114 valence electrons. The van der Waals surface area contributed by atoms with E-state index in [1.54, 1.807) is 18.2 Å². The topological polar surface area (TPSA) is 46.5 Å². The van der Waals surface area contributed by atoms with E-state index in [1.807, 2.05) is 54.6 Å². The van der Waals surface area contributed by atoms with E-state index >= 15 is 0 Å². The van der Waals surface area contributed by atoms with Crippen molar-refractivity contribution < 1.29 is 14.6 Å². The van der Waals surface area contributed by atoms with Crippen molar-refractivity contribution >= 4 is 22.8 Å². The largest absolute Gasteiger partial charge is 0.508 e. The minimum Gasteiger partial charge on any atom is -0.508 e. The molecule has 0 heterocycles. The molecule has 0 aromatic heterocycles. The lowest BCUT2D eigenvalue weighted by atomic mass is 10.1. The Bertz CT molecular complexity index is 851. The van der Waals surface area contributed by atoms with Gasteiger partial charge in [0.2, 0.25) is 0 Å². The Morgan fingerprint density at radius 3 is 2.52 bits per heavy atom. The first kappa shape index (κ1) is 14.9. The van der Waals surface area contributed by atoms with Crippen LogP contribution in [-0.2, 0) is 16.1 Å². The molecule has 1 N–H and O–H groups in total. The standard InChI is InChI=1S/C20H16O3/c21-19-10-9-17-12-15(6-8-18(17)13-19)7-11-20(22)23-14-16-4-2-1-3-5-16/h1-13,21H,14H2/b11-7+. The van der Waals surface area contributed by atoms with Gasteiger partial charge in [0, 0.05) is 6.08 Å². The number of rotatable bonds is 4. The number of carbonyl (C=O) groups is 1. The number of hydrogen-bond acceptors (Lipinski definition) is 3. The third-order valence-corrected chi connectivity index (χ3v) is 3.48. The van der Waals surface area contributed by atoms with Gasteiger partial charge >= 0.3 is 5.97 Å². The van der Waals surface area contributed by atoms with E-state index in [-0.39, 0.29) is 18.3 Å². The zero-order chi connectivity index (χ0) is 16.1. The summed E-state index contributed by atoms with van der Waals surface area (Å²) in [6.07, 6.45) is 3.14. The van der Waals surface area contributed by atoms with Crippen molar-refractivity contribution in [1.82, 2.24) is 0 Å². The van der Waals surface area contributed by atoms with E-state index in [4.69, 9.17) is 4.74 Å². The summed E-state index contributed by atoms with van der Waals surface area (Å²) in [6.45, 7) is 0.265. The van der Waals surface area contributed by atoms with E-state index in [0.29, 0.717) is 0 Å². The molecule has 0 amide bonds. The number of ether oxygens (including phenoxy) is 1.